The Morgan fingerprint density at radius 1 is 1.33 bits per heavy atom. The number of aliphatic imine (C=N–C) groups is 1. The van der Waals surface area contributed by atoms with Gasteiger partial charge >= 0.3 is 5.97 Å². The van der Waals surface area contributed by atoms with Crippen molar-refractivity contribution in [3.8, 4) is 11.6 Å². The molecule has 1 saturated heterocycles. The van der Waals surface area contributed by atoms with Crippen molar-refractivity contribution in [2.45, 2.75) is 26.3 Å². The highest BCUT2D eigenvalue weighted by atomic mass is 19.1. The number of hydrogen-bond acceptors (Lipinski definition) is 5. The van der Waals surface area contributed by atoms with Crippen molar-refractivity contribution in [2.75, 3.05) is 26.7 Å². The normalized spacial score (nSPS) is 16.8. The minimum Gasteiger partial charge on any atom is -0.466 e. The van der Waals surface area contributed by atoms with Crippen LogP contribution in [0.15, 0.2) is 47.6 Å². The Bertz CT molecular complexity index is 873. The van der Waals surface area contributed by atoms with Crippen molar-refractivity contribution in [3.63, 3.8) is 0 Å². The molecule has 1 aromatic heterocycles. The van der Waals surface area contributed by atoms with Crippen LogP contribution in [0.3, 0.4) is 0 Å². The average molecular weight is 414 g/mol. The summed E-state index contributed by atoms with van der Waals surface area (Å²) in [6.07, 6.45) is 3.41. The first-order valence-electron chi connectivity index (χ1n) is 10.1. The molecular weight excluding hydrogens is 387 g/mol. The minimum absolute atomic E-state index is 0.131. The number of esters is 1. The summed E-state index contributed by atoms with van der Waals surface area (Å²) in [5.74, 6) is 1.09. The summed E-state index contributed by atoms with van der Waals surface area (Å²) in [6.45, 7) is 4.17. The number of benzene rings is 1. The van der Waals surface area contributed by atoms with Gasteiger partial charge in [-0.15, -0.1) is 0 Å². The lowest BCUT2D eigenvalue weighted by molar-refractivity contribution is -0.149. The smallest absolute Gasteiger partial charge is 0.310 e. The lowest BCUT2D eigenvalue weighted by Gasteiger charge is -2.34. The van der Waals surface area contributed by atoms with Gasteiger partial charge in [0.25, 0.3) is 0 Å². The number of pyridine rings is 1. The highest BCUT2D eigenvalue weighted by Gasteiger charge is 2.28. The Hall–Kier alpha value is -3.16. The number of likely N-dealkylation sites (tertiary alicyclic amines) is 1. The quantitative estimate of drug-likeness (QED) is 0.444. The van der Waals surface area contributed by atoms with Crippen LogP contribution in [-0.2, 0) is 16.1 Å². The summed E-state index contributed by atoms with van der Waals surface area (Å²) in [5.41, 5.74) is 0.960. The Labute approximate surface area is 175 Å². The Balaban J connectivity index is 1.58. The number of nitrogens with one attached hydrogen (secondary N) is 1. The molecule has 1 N–H and O–H groups in total. The second-order valence-corrected chi connectivity index (χ2v) is 7.00. The van der Waals surface area contributed by atoms with Crippen LogP contribution in [0.4, 0.5) is 4.39 Å². The number of aromatic nitrogens is 1. The minimum atomic E-state index is -0.317. The lowest BCUT2D eigenvalue weighted by atomic mass is 9.98. The van der Waals surface area contributed by atoms with Crippen LogP contribution in [0.25, 0.3) is 0 Å². The maximum absolute atomic E-state index is 13.0. The van der Waals surface area contributed by atoms with Gasteiger partial charge in [0, 0.05) is 38.9 Å². The Kier molecular flexibility index (Phi) is 7.59. The second-order valence-electron chi connectivity index (χ2n) is 7.00. The molecule has 0 amide bonds. The highest BCUT2D eigenvalue weighted by molar-refractivity contribution is 5.81. The van der Waals surface area contributed by atoms with Gasteiger partial charge in [-0.1, -0.05) is 0 Å². The molecule has 0 spiro atoms. The molecule has 1 fully saturated rings. The van der Waals surface area contributed by atoms with E-state index in [4.69, 9.17) is 9.47 Å². The van der Waals surface area contributed by atoms with Crippen molar-refractivity contribution in [3.05, 3.63) is 54.0 Å². The molecule has 1 unspecified atom stereocenters. The van der Waals surface area contributed by atoms with Gasteiger partial charge in [0.15, 0.2) is 5.96 Å². The van der Waals surface area contributed by atoms with Gasteiger partial charge in [-0.25, -0.2) is 9.37 Å². The molecule has 8 heteroatoms. The molecule has 2 heterocycles. The predicted molar refractivity (Wildman–Crippen MR) is 112 cm³/mol. The molecule has 160 valence electrons. The lowest BCUT2D eigenvalue weighted by Crippen LogP contribution is -2.48. The predicted octanol–water partition coefficient (Wildman–Crippen LogP) is 3.36. The number of nitrogens with zero attached hydrogens (tertiary/aromatic N) is 3. The summed E-state index contributed by atoms with van der Waals surface area (Å²) in [7, 11) is 1.73. The van der Waals surface area contributed by atoms with Gasteiger partial charge in [-0.2, -0.15) is 0 Å². The Morgan fingerprint density at radius 3 is 2.87 bits per heavy atom. The van der Waals surface area contributed by atoms with Crippen molar-refractivity contribution in [1.29, 1.82) is 0 Å². The van der Waals surface area contributed by atoms with Gasteiger partial charge in [-0.3, -0.25) is 9.79 Å². The van der Waals surface area contributed by atoms with Crippen LogP contribution in [-0.4, -0.2) is 48.6 Å². The fourth-order valence-electron chi connectivity index (χ4n) is 3.38. The summed E-state index contributed by atoms with van der Waals surface area (Å²) < 4.78 is 23.9. The molecule has 1 aliphatic rings. The number of rotatable bonds is 6. The summed E-state index contributed by atoms with van der Waals surface area (Å²) in [6, 6.07) is 9.50. The van der Waals surface area contributed by atoms with E-state index in [1.54, 1.807) is 25.4 Å². The van der Waals surface area contributed by atoms with Crippen LogP contribution < -0.4 is 10.1 Å². The van der Waals surface area contributed by atoms with Gasteiger partial charge in [-0.05, 0) is 55.7 Å². The van der Waals surface area contributed by atoms with Crippen molar-refractivity contribution in [2.24, 2.45) is 10.9 Å². The summed E-state index contributed by atoms with van der Waals surface area (Å²) >= 11 is 0. The zero-order chi connectivity index (χ0) is 21.3. The molecule has 1 atom stereocenters. The van der Waals surface area contributed by atoms with E-state index in [-0.39, 0.29) is 17.7 Å². The van der Waals surface area contributed by atoms with Crippen LogP contribution in [0, 0.1) is 11.7 Å². The number of carbonyl (C=O) groups is 1. The molecule has 1 aliphatic heterocycles. The number of ether oxygens (including phenoxy) is 2. The first kappa shape index (κ1) is 21.5. The van der Waals surface area contributed by atoms with E-state index < -0.39 is 0 Å². The van der Waals surface area contributed by atoms with Crippen LogP contribution in [0.2, 0.25) is 0 Å². The van der Waals surface area contributed by atoms with Gasteiger partial charge in [0.05, 0.1) is 12.5 Å². The number of halogens is 1. The zero-order valence-corrected chi connectivity index (χ0v) is 17.3. The summed E-state index contributed by atoms with van der Waals surface area (Å²) in [5, 5.41) is 3.34. The average Bonchev–Trinajstić information content (AvgIpc) is 2.76. The van der Waals surface area contributed by atoms with Gasteiger partial charge < -0.3 is 19.7 Å². The summed E-state index contributed by atoms with van der Waals surface area (Å²) in [4.78, 5) is 22.7. The number of carbonyl (C=O) groups excluding carboxylic acids is 1. The van der Waals surface area contributed by atoms with Crippen molar-refractivity contribution < 1.29 is 18.7 Å². The largest absolute Gasteiger partial charge is 0.466 e. The standard InChI is InChI=1S/C22H27FN4O3/c1-3-29-21(28)17-5-4-12-27(15-17)22(24-2)26-14-16-10-11-25-20(13-16)30-19-8-6-18(23)7-9-19/h6-11,13,17H,3-5,12,14-15H2,1-2H3,(H,24,26). The Morgan fingerprint density at radius 2 is 2.13 bits per heavy atom. The van der Waals surface area contributed by atoms with E-state index in [0.717, 1.165) is 30.9 Å². The van der Waals surface area contributed by atoms with Crippen molar-refractivity contribution >= 4 is 11.9 Å². The molecule has 0 aliphatic carbocycles. The van der Waals surface area contributed by atoms with E-state index >= 15 is 0 Å². The van der Waals surface area contributed by atoms with E-state index in [1.165, 1.54) is 12.1 Å². The molecule has 7 nitrogen and oxygen atoms in total. The number of hydrogen-bond donors (Lipinski definition) is 1. The molecular formula is C22H27FN4O3. The SMILES string of the molecule is CCOC(=O)C1CCCN(C(=NC)NCc2ccnc(Oc3ccc(F)cc3)c2)C1. The molecule has 0 saturated carbocycles. The maximum Gasteiger partial charge on any atom is 0.310 e. The molecule has 30 heavy (non-hydrogen) atoms. The third kappa shape index (κ3) is 5.92. The first-order chi connectivity index (χ1) is 14.6. The van der Waals surface area contributed by atoms with E-state index in [9.17, 15) is 9.18 Å². The number of guanidine groups is 1. The van der Waals surface area contributed by atoms with Gasteiger partial charge in [0.1, 0.15) is 11.6 Å². The maximum atomic E-state index is 13.0. The fraction of sp³-hybridized carbons (Fsp3) is 0.409. The third-order valence-electron chi connectivity index (χ3n) is 4.84. The molecule has 0 bridgehead atoms. The van der Waals surface area contributed by atoms with Crippen LogP contribution in [0.5, 0.6) is 11.6 Å². The third-order valence-corrected chi connectivity index (χ3v) is 4.84. The monoisotopic (exact) mass is 414 g/mol. The molecule has 2 aromatic rings. The van der Waals surface area contributed by atoms with E-state index in [2.05, 4.69) is 20.2 Å². The van der Waals surface area contributed by atoms with Crippen LogP contribution >= 0.6 is 0 Å². The highest BCUT2D eigenvalue weighted by Crippen LogP contribution is 2.21. The van der Waals surface area contributed by atoms with Gasteiger partial charge in [0.2, 0.25) is 5.88 Å². The second kappa shape index (κ2) is 10.6. The first-order valence-corrected chi connectivity index (χ1v) is 10.1. The molecule has 3 rings (SSSR count). The van der Waals surface area contributed by atoms with Crippen LogP contribution in [0.1, 0.15) is 25.3 Å². The molecule has 0 radical (unpaired) electrons. The van der Waals surface area contributed by atoms with Crippen molar-refractivity contribution in [1.82, 2.24) is 15.2 Å². The fourth-order valence-corrected chi connectivity index (χ4v) is 3.38. The topological polar surface area (TPSA) is 76.0 Å². The molecule has 1 aromatic carbocycles. The number of piperidine rings is 1. The zero-order valence-electron chi connectivity index (χ0n) is 17.3. The van der Waals surface area contributed by atoms with E-state index in [1.807, 2.05) is 19.1 Å². The van der Waals surface area contributed by atoms with E-state index in [0.29, 0.717) is 31.3 Å².